The van der Waals surface area contributed by atoms with Gasteiger partial charge in [0.15, 0.2) is 0 Å². The first-order chi connectivity index (χ1) is 9.60. The number of nitro benzene ring substituents is 1. The van der Waals surface area contributed by atoms with Crippen LogP contribution in [0.5, 0.6) is 0 Å². The Morgan fingerprint density at radius 3 is 2.65 bits per heavy atom. The van der Waals surface area contributed by atoms with Crippen molar-refractivity contribution >= 4 is 17.1 Å². The number of nitro groups is 1. The number of aliphatic hydroxyl groups is 1. The van der Waals surface area contributed by atoms with Gasteiger partial charge in [-0.05, 0) is 18.9 Å². The highest BCUT2D eigenvalue weighted by molar-refractivity contribution is 5.63. The van der Waals surface area contributed by atoms with Crippen LogP contribution in [0.3, 0.4) is 0 Å². The number of rotatable bonds is 5. The third-order valence-electron chi connectivity index (χ3n) is 3.73. The Morgan fingerprint density at radius 1 is 1.30 bits per heavy atom. The lowest BCUT2D eigenvalue weighted by Gasteiger charge is -2.28. The Hall–Kier alpha value is -1.86. The number of nitrogen functional groups attached to an aromatic ring is 1. The first kappa shape index (κ1) is 14.5. The van der Waals surface area contributed by atoms with Crippen LogP contribution in [-0.4, -0.2) is 22.7 Å². The fraction of sp³-hybridized carbons (Fsp3) is 0.538. The van der Waals surface area contributed by atoms with Crippen LogP contribution in [0.4, 0.5) is 17.1 Å². The number of non-ortho nitro benzene ring substituents is 1. The van der Waals surface area contributed by atoms with Gasteiger partial charge in [-0.3, -0.25) is 16.0 Å². The summed E-state index contributed by atoms with van der Waals surface area (Å²) >= 11 is 0. The number of hydrogen-bond acceptors (Lipinski definition) is 6. The minimum Gasteiger partial charge on any atom is -0.393 e. The van der Waals surface area contributed by atoms with Gasteiger partial charge in [0.2, 0.25) is 0 Å². The molecule has 2 rings (SSSR count). The van der Waals surface area contributed by atoms with Gasteiger partial charge in [-0.15, -0.1) is 0 Å². The molecule has 1 aliphatic carbocycles. The number of nitrogens with zero attached hydrogens (tertiary/aromatic N) is 1. The minimum atomic E-state index is -0.457. The van der Waals surface area contributed by atoms with Crippen molar-refractivity contribution < 1.29 is 10.0 Å². The molecule has 0 amide bonds. The van der Waals surface area contributed by atoms with E-state index in [0.717, 1.165) is 25.7 Å². The molecule has 20 heavy (non-hydrogen) atoms. The maximum absolute atomic E-state index is 10.8. The van der Waals surface area contributed by atoms with Gasteiger partial charge in [0.1, 0.15) is 0 Å². The van der Waals surface area contributed by atoms with Crippen molar-refractivity contribution in [2.24, 2.45) is 11.8 Å². The molecule has 0 radical (unpaired) electrons. The Balaban J connectivity index is 2.04. The van der Waals surface area contributed by atoms with Crippen molar-refractivity contribution in [1.82, 2.24) is 0 Å². The van der Waals surface area contributed by atoms with E-state index in [1.807, 2.05) is 0 Å². The van der Waals surface area contributed by atoms with Crippen LogP contribution >= 0.6 is 0 Å². The number of anilines is 2. The predicted octanol–water partition coefficient (Wildman–Crippen LogP) is 1.84. The van der Waals surface area contributed by atoms with Crippen LogP contribution in [0.15, 0.2) is 18.2 Å². The van der Waals surface area contributed by atoms with Gasteiger partial charge >= 0.3 is 0 Å². The highest BCUT2D eigenvalue weighted by Gasteiger charge is 2.22. The van der Waals surface area contributed by atoms with Crippen LogP contribution in [-0.2, 0) is 0 Å². The average molecular weight is 280 g/mol. The molecule has 1 saturated carbocycles. The lowest BCUT2D eigenvalue weighted by molar-refractivity contribution is -0.384. The van der Waals surface area contributed by atoms with Crippen molar-refractivity contribution in [1.29, 1.82) is 0 Å². The molecule has 1 aliphatic rings. The normalized spacial score (nSPS) is 22.3. The third-order valence-corrected chi connectivity index (χ3v) is 3.73. The molecule has 1 fully saturated rings. The molecular formula is C13H20N4O3. The Kier molecular flexibility index (Phi) is 4.75. The van der Waals surface area contributed by atoms with Crippen LogP contribution in [0, 0.1) is 16.0 Å². The molecule has 0 saturated heterocycles. The van der Waals surface area contributed by atoms with Crippen LogP contribution in [0.2, 0.25) is 0 Å². The van der Waals surface area contributed by atoms with E-state index in [-0.39, 0.29) is 17.7 Å². The summed E-state index contributed by atoms with van der Waals surface area (Å²) in [5, 5.41) is 23.9. The molecule has 0 bridgehead atoms. The third kappa shape index (κ3) is 3.58. The summed E-state index contributed by atoms with van der Waals surface area (Å²) in [7, 11) is 0. The van der Waals surface area contributed by atoms with Gasteiger partial charge < -0.3 is 15.8 Å². The average Bonchev–Trinajstić information content (AvgIpc) is 2.46. The van der Waals surface area contributed by atoms with Crippen LogP contribution in [0.25, 0.3) is 0 Å². The van der Waals surface area contributed by atoms with Crippen molar-refractivity contribution in [3.05, 3.63) is 28.3 Å². The smallest absolute Gasteiger partial charge is 0.273 e. The first-order valence-corrected chi connectivity index (χ1v) is 6.78. The monoisotopic (exact) mass is 280 g/mol. The summed E-state index contributed by atoms with van der Waals surface area (Å²) in [6.45, 7) is 0.604. The summed E-state index contributed by atoms with van der Waals surface area (Å²) in [5.41, 5.74) is 3.50. The van der Waals surface area contributed by atoms with E-state index < -0.39 is 4.92 Å². The second-order valence-corrected chi connectivity index (χ2v) is 5.16. The number of nitrogens with two attached hydrogens (primary N) is 1. The molecule has 0 heterocycles. The van der Waals surface area contributed by atoms with Crippen molar-refractivity contribution in [2.75, 3.05) is 17.3 Å². The Morgan fingerprint density at radius 2 is 2.00 bits per heavy atom. The molecule has 0 aliphatic heterocycles. The summed E-state index contributed by atoms with van der Waals surface area (Å²) in [6, 6.07) is 4.55. The molecule has 2 atom stereocenters. The number of benzene rings is 1. The minimum absolute atomic E-state index is 0.0212. The SMILES string of the molecule is NNc1cc(NCC2CCCCC2O)cc([N+](=O)[O-])c1. The zero-order chi connectivity index (χ0) is 14.5. The molecule has 7 heteroatoms. The topological polar surface area (TPSA) is 113 Å². The van der Waals surface area contributed by atoms with Gasteiger partial charge in [-0.25, -0.2) is 0 Å². The van der Waals surface area contributed by atoms with Gasteiger partial charge in [0, 0.05) is 30.3 Å². The van der Waals surface area contributed by atoms with Crippen LogP contribution < -0.4 is 16.6 Å². The quantitative estimate of drug-likeness (QED) is 0.372. The molecule has 1 aromatic carbocycles. The van der Waals surface area contributed by atoms with E-state index >= 15 is 0 Å². The van der Waals surface area contributed by atoms with Gasteiger partial charge in [-0.2, -0.15) is 0 Å². The molecule has 1 aromatic rings. The molecule has 7 nitrogen and oxygen atoms in total. The van der Waals surface area contributed by atoms with Crippen molar-refractivity contribution in [3.8, 4) is 0 Å². The zero-order valence-electron chi connectivity index (χ0n) is 11.2. The van der Waals surface area contributed by atoms with Gasteiger partial charge in [0.25, 0.3) is 5.69 Å². The second-order valence-electron chi connectivity index (χ2n) is 5.16. The number of hydrazine groups is 1. The van der Waals surface area contributed by atoms with Crippen molar-refractivity contribution in [3.63, 3.8) is 0 Å². The van der Waals surface area contributed by atoms with Gasteiger partial charge in [-0.1, -0.05) is 12.8 Å². The molecule has 0 spiro atoms. The van der Waals surface area contributed by atoms with Crippen LogP contribution in [0.1, 0.15) is 25.7 Å². The predicted molar refractivity (Wildman–Crippen MR) is 77.4 cm³/mol. The van der Waals surface area contributed by atoms with E-state index in [9.17, 15) is 15.2 Å². The summed E-state index contributed by atoms with van der Waals surface area (Å²) < 4.78 is 0. The maximum atomic E-state index is 10.8. The van der Waals surface area contributed by atoms with E-state index in [1.54, 1.807) is 6.07 Å². The second kappa shape index (κ2) is 6.53. The molecule has 0 aromatic heterocycles. The summed E-state index contributed by atoms with van der Waals surface area (Å²) in [4.78, 5) is 10.4. The number of hydrogen-bond donors (Lipinski definition) is 4. The van der Waals surface area contributed by atoms with E-state index in [4.69, 9.17) is 5.84 Å². The highest BCUT2D eigenvalue weighted by atomic mass is 16.6. The van der Waals surface area contributed by atoms with E-state index in [0.29, 0.717) is 17.9 Å². The standard InChI is InChI=1S/C13H20N4O3/c14-16-11-5-10(6-12(7-11)17(19)20)15-8-9-3-1-2-4-13(9)18/h5-7,9,13,15-16,18H,1-4,8,14H2. The van der Waals surface area contributed by atoms with E-state index in [2.05, 4.69) is 10.7 Å². The summed E-state index contributed by atoms with van der Waals surface area (Å²) in [6.07, 6.45) is 3.70. The molecule has 2 unspecified atom stereocenters. The number of aliphatic hydroxyl groups excluding tert-OH is 1. The molecular weight excluding hydrogens is 260 g/mol. The van der Waals surface area contributed by atoms with E-state index in [1.165, 1.54) is 12.1 Å². The zero-order valence-corrected chi connectivity index (χ0v) is 11.2. The number of nitrogens with one attached hydrogen (secondary N) is 2. The first-order valence-electron chi connectivity index (χ1n) is 6.78. The maximum Gasteiger partial charge on any atom is 0.273 e. The lowest BCUT2D eigenvalue weighted by atomic mass is 9.86. The van der Waals surface area contributed by atoms with Gasteiger partial charge in [0.05, 0.1) is 16.7 Å². The Labute approximate surface area is 117 Å². The largest absolute Gasteiger partial charge is 0.393 e. The Bertz CT molecular complexity index is 481. The van der Waals surface area contributed by atoms with Crippen molar-refractivity contribution in [2.45, 2.75) is 31.8 Å². The lowest BCUT2D eigenvalue weighted by Crippen LogP contribution is -2.30. The molecule has 5 N–H and O–H groups in total. The fourth-order valence-electron chi connectivity index (χ4n) is 2.58. The highest BCUT2D eigenvalue weighted by Crippen LogP contribution is 2.27. The summed E-state index contributed by atoms with van der Waals surface area (Å²) in [5.74, 6) is 5.50. The molecule has 110 valence electrons. The fourth-order valence-corrected chi connectivity index (χ4v) is 2.58.